The summed E-state index contributed by atoms with van der Waals surface area (Å²) >= 11 is 0. The summed E-state index contributed by atoms with van der Waals surface area (Å²) in [5, 5.41) is 31.3. The van der Waals surface area contributed by atoms with Gasteiger partial charge in [0.1, 0.15) is 11.5 Å². The Morgan fingerprint density at radius 1 is 0.444 bits per heavy atom. The van der Waals surface area contributed by atoms with Crippen LogP contribution in [0.1, 0.15) is 123 Å². The van der Waals surface area contributed by atoms with Crippen LogP contribution in [0.2, 0.25) is 0 Å². The quantitative estimate of drug-likeness (QED) is 0.0206. The Kier molecular flexibility index (Phi) is 29.5. The normalized spacial score (nSPS) is 12.0. The third kappa shape index (κ3) is 25.1. The van der Waals surface area contributed by atoms with Crippen LogP contribution in [-0.2, 0) is 19.2 Å². The van der Waals surface area contributed by atoms with Crippen molar-refractivity contribution in [1.82, 2.24) is 47.2 Å². The van der Waals surface area contributed by atoms with Gasteiger partial charge in [-0.3, -0.25) is 29.1 Å². The molecule has 0 fully saturated rings. The Balaban J connectivity index is 0.820. The molecule has 0 saturated heterocycles. The number of benzene rings is 2. The highest BCUT2D eigenvalue weighted by molar-refractivity contribution is 5.93. The molecule has 9 N–H and O–H groups in total. The number of hydrogen-bond acceptors (Lipinski definition) is 13. The van der Waals surface area contributed by atoms with Crippen molar-refractivity contribution in [3.05, 3.63) is 60.9 Å². The first-order valence-corrected chi connectivity index (χ1v) is 26.7. The Morgan fingerprint density at radius 2 is 0.778 bits per heavy atom. The van der Waals surface area contributed by atoms with Gasteiger partial charge in [-0.25, -0.2) is 0 Å². The second-order valence-electron chi connectivity index (χ2n) is 18.7. The maximum atomic E-state index is 12.3. The second kappa shape index (κ2) is 36.2. The minimum Gasteiger partial charge on any atom is -0.497 e. The summed E-state index contributed by atoms with van der Waals surface area (Å²) in [5.41, 5.74) is 3.66. The molecule has 0 aliphatic rings. The van der Waals surface area contributed by atoms with E-state index in [0.29, 0.717) is 26.2 Å². The van der Waals surface area contributed by atoms with Crippen LogP contribution in [0, 0.1) is 0 Å². The first-order chi connectivity index (χ1) is 35.1. The lowest BCUT2D eigenvalue weighted by Gasteiger charge is -2.17. The van der Waals surface area contributed by atoms with Gasteiger partial charge in [0.15, 0.2) is 0 Å². The average Bonchev–Trinajstić information content (AvgIpc) is 3.38. The molecule has 0 aliphatic carbocycles. The largest absolute Gasteiger partial charge is 0.497 e. The molecule has 398 valence electrons. The second-order valence-corrected chi connectivity index (χ2v) is 18.7. The molecule has 17 heteroatoms. The fraction of sp³-hybridized carbons (Fsp3) is 0.600. The van der Waals surface area contributed by atoms with Gasteiger partial charge in [0, 0.05) is 99.2 Å². The van der Waals surface area contributed by atoms with Gasteiger partial charge in [-0.15, -0.1) is 0 Å². The van der Waals surface area contributed by atoms with Gasteiger partial charge in [-0.1, -0.05) is 31.4 Å². The average molecular weight is 998 g/mol. The molecule has 17 nitrogen and oxygen atoms in total. The van der Waals surface area contributed by atoms with E-state index in [1.54, 1.807) is 26.6 Å². The number of aromatic nitrogens is 2. The molecule has 2 aromatic carbocycles. The summed E-state index contributed by atoms with van der Waals surface area (Å²) < 4.78 is 10.9. The highest BCUT2D eigenvalue weighted by Gasteiger charge is 2.13. The van der Waals surface area contributed by atoms with Crippen molar-refractivity contribution in [2.24, 2.45) is 0 Å². The Hall–Kier alpha value is -5.78. The Bertz CT molecular complexity index is 2030. The zero-order chi connectivity index (χ0) is 51.4. The molecule has 0 spiro atoms. The van der Waals surface area contributed by atoms with E-state index in [4.69, 9.17) is 9.47 Å². The summed E-state index contributed by atoms with van der Waals surface area (Å²) in [7, 11) is 3.31. The Morgan fingerprint density at radius 3 is 1.15 bits per heavy atom. The van der Waals surface area contributed by atoms with Crippen LogP contribution in [0.5, 0.6) is 11.5 Å². The van der Waals surface area contributed by atoms with Crippen molar-refractivity contribution in [3.8, 4) is 11.5 Å². The SMILES string of the molecule is COc1cc(NC(C)CCCNC(=O)CCC(=O)NCCCNCCCCCCCNCCCCNCCCNC(=O)CCC(=O)NCCCC(C)Nc2cc(OC)cc3cccnc23)c2ncccc2c1. The molecule has 0 bridgehead atoms. The molecule has 2 unspecified atom stereocenters. The van der Waals surface area contributed by atoms with Crippen molar-refractivity contribution in [1.29, 1.82) is 0 Å². The zero-order valence-corrected chi connectivity index (χ0v) is 43.9. The number of pyridine rings is 2. The van der Waals surface area contributed by atoms with Crippen LogP contribution < -0.4 is 57.3 Å². The molecule has 0 saturated carbocycles. The van der Waals surface area contributed by atoms with Crippen LogP contribution in [-0.4, -0.2) is 125 Å². The van der Waals surface area contributed by atoms with E-state index in [-0.39, 0.29) is 61.4 Å². The van der Waals surface area contributed by atoms with Crippen molar-refractivity contribution >= 4 is 56.8 Å². The molecule has 0 aliphatic heterocycles. The van der Waals surface area contributed by atoms with Gasteiger partial charge in [0.25, 0.3) is 0 Å². The number of amides is 4. The number of unbranched alkanes of at least 4 members (excludes halogenated alkanes) is 5. The van der Waals surface area contributed by atoms with Crippen molar-refractivity contribution in [2.45, 2.75) is 135 Å². The standard InChI is InChI=1S/C55H87N11O6/c1-42(65-48-40-46(71-3)38-44-20-14-34-63-54(44)48)18-12-32-59-50(67)22-24-52(69)61-36-16-30-57-27-9-7-5-6-8-26-56-28-10-11-29-58-31-17-37-62-53(70)25-23-51(68)60-33-13-19-43(2)66-49-41-47(72-4)39-45-21-15-35-64-55(45)49/h14-15,20-21,34-35,38-43,56-58,65-66H,5-13,16-19,22-33,36-37H2,1-4H3,(H,59,67)(H,60,68)(H,61,69)(H,62,70). The van der Waals surface area contributed by atoms with E-state index >= 15 is 0 Å². The van der Waals surface area contributed by atoms with Crippen LogP contribution in [0.3, 0.4) is 0 Å². The number of carbonyl (C=O) groups excluding carboxylic acids is 4. The maximum Gasteiger partial charge on any atom is 0.220 e. The third-order valence-electron chi connectivity index (χ3n) is 12.4. The van der Waals surface area contributed by atoms with Gasteiger partial charge in [-0.05, 0) is 142 Å². The van der Waals surface area contributed by atoms with Crippen molar-refractivity contribution in [2.75, 3.05) is 90.3 Å². The number of anilines is 2. The van der Waals surface area contributed by atoms with Gasteiger partial charge in [0.05, 0.1) is 36.6 Å². The van der Waals surface area contributed by atoms with Gasteiger partial charge in [-0.2, -0.15) is 0 Å². The van der Waals surface area contributed by atoms with Crippen LogP contribution in [0.4, 0.5) is 11.4 Å². The lowest BCUT2D eigenvalue weighted by molar-refractivity contribution is -0.126. The topological polar surface area (TPSA) is 221 Å². The highest BCUT2D eigenvalue weighted by Crippen LogP contribution is 2.30. The van der Waals surface area contributed by atoms with Gasteiger partial charge in [0.2, 0.25) is 23.6 Å². The van der Waals surface area contributed by atoms with E-state index in [9.17, 15) is 19.2 Å². The van der Waals surface area contributed by atoms with E-state index in [0.717, 1.165) is 142 Å². The number of hydrogen-bond donors (Lipinski definition) is 9. The fourth-order valence-electron chi connectivity index (χ4n) is 8.33. The zero-order valence-electron chi connectivity index (χ0n) is 43.9. The molecule has 2 heterocycles. The summed E-state index contributed by atoms with van der Waals surface area (Å²) in [6.07, 6.45) is 17.7. The van der Waals surface area contributed by atoms with Crippen molar-refractivity contribution < 1.29 is 28.7 Å². The predicted molar refractivity (Wildman–Crippen MR) is 292 cm³/mol. The Labute approximate surface area is 429 Å². The van der Waals surface area contributed by atoms with E-state index < -0.39 is 0 Å². The van der Waals surface area contributed by atoms with E-state index in [1.807, 2.05) is 48.5 Å². The molecule has 4 amide bonds. The molecule has 2 atom stereocenters. The number of nitrogens with zero attached hydrogens (tertiary/aromatic N) is 2. The monoisotopic (exact) mass is 998 g/mol. The number of nitrogens with one attached hydrogen (secondary N) is 9. The minimum atomic E-state index is -0.0992. The predicted octanol–water partition coefficient (Wildman–Crippen LogP) is 6.97. The van der Waals surface area contributed by atoms with Crippen LogP contribution in [0.25, 0.3) is 21.8 Å². The highest BCUT2D eigenvalue weighted by atomic mass is 16.5. The lowest BCUT2D eigenvalue weighted by Crippen LogP contribution is -2.30. The number of rotatable bonds is 41. The van der Waals surface area contributed by atoms with E-state index in [1.165, 1.54) is 25.7 Å². The third-order valence-corrected chi connectivity index (χ3v) is 12.4. The number of methoxy groups -OCH3 is 2. The maximum absolute atomic E-state index is 12.3. The smallest absolute Gasteiger partial charge is 0.220 e. The summed E-state index contributed by atoms with van der Waals surface area (Å²) in [5.74, 6) is 1.19. The molecule has 2 aromatic heterocycles. The summed E-state index contributed by atoms with van der Waals surface area (Å²) in [4.78, 5) is 58.1. The van der Waals surface area contributed by atoms with Crippen molar-refractivity contribution in [3.63, 3.8) is 0 Å². The van der Waals surface area contributed by atoms with Crippen LogP contribution in [0.15, 0.2) is 60.9 Å². The molecule has 4 rings (SSSR count). The molecule has 0 radical (unpaired) electrons. The fourth-order valence-corrected chi connectivity index (χ4v) is 8.33. The minimum absolute atomic E-state index is 0.0847. The van der Waals surface area contributed by atoms with E-state index in [2.05, 4.69) is 71.7 Å². The number of ether oxygens (including phenoxy) is 2. The molecule has 72 heavy (non-hydrogen) atoms. The van der Waals surface area contributed by atoms with Gasteiger partial charge < -0.3 is 57.3 Å². The first-order valence-electron chi connectivity index (χ1n) is 26.7. The molecular formula is C55H87N11O6. The van der Waals surface area contributed by atoms with Gasteiger partial charge >= 0.3 is 0 Å². The van der Waals surface area contributed by atoms with Crippen LogP contribution >= 0.6 is 0 Å². The molecular weight excluding hydrogens is 911 g/mol. The summed E-state index contributed by atoms with van der Waals surface area (Å²) in [6.45, 7) is 12.3. The number of carbonyl (C=O) groups is 4. The molecule has 4 aromatic rings. The first kappa shape index (κ1) is 58.8. The summed E-state index contributed by atoms with van der Waals surface area (Å²) in [6, 6.07) is 16.1. The lowest BCUT2D eigenvalue weighted by atomic mass is 10.1. The number of fused-ring (bicyclic) bond motifs is 2.